The summed E-state index contributed by atoms with van der Waals surface area (Å²) < 4.78 is 7.43. The molecule has 0 bridgehead atoms. The number of aryl methyl sites for hydroxylation is 1. The van der Waals surface area contributed by atoms with Crippen molar-refractivity contribution < 1.29 is 9.53 Å². The summed E-state index contributed by atoms with van der Waals surface area (Å²) in [5, 5.41) is 3.79. The third-order valence-electron chi connectivity index (χ3n) is 4.15. The standard InChI is InChI=1S/C21H20Br2N2O2/c1-2-3-5-14-7-9-15(10-8-14)25-19(26)13-27-21-18(23)12-17(22)16-6-4-11-24-20(16)21/h4,6-12H,2-3,5,13H2,1H3,(H,25,26). The van der Waals surface area contributed by atoms with Gasteiger partial charge in [-0.3, -0.25) is 9.78 Å². The van der Waals surface area contributed by atoms with Gasteiger partial charge in [0.05, 0.1) is 4.47 Å². The molecule has 0 aliphatic heterocycles. The molecule has 1 N–H and O–H groups in total. The molecular formula is C21H20Br2N2O2. The monoisotopic (exact) mass is 490 g/mol. The number of anilines is 1. The molecule has 0 atom stereocenters. The molecule has 1 heterocycles. The van der Waals surface area contributed by atoms with E-state index in [4.69, 9.17) is 4.74 Å². The smallest absolute Gasteiger partial charge is 0.262 e. The van der Waals surface area contributed by atoms with Gasteiger partial charge in [-0.25, -0.2) is 0 Å². The molecule has 27 heavy (non-hydrogen) atoms. The Morgan fingerprint density at radius 3 is 2.67 bits per heavy atom. The zero-order valence-corrected chi connectivity index (χ0v) is 18.1. The van der Waals surface area contributed by atoms with Gasteiger partial charge in [-0.2, -0.15) is 0 Å². The molecule has 0 fully saturated rings. The Bertz CT molecular complexity index is 943. The molecule has 0 aliphatic rings. The minimum absolute atomic E-state index is 0.0938. The summed E-state index contributed by atoms with van der Waals surface area (Å²) in [6, 6.07) is 13.7. The van der Waals surface area contributed by atoms with Crippen molar-refractivity contribution in [1.29, 1.82) is 0 Å². The lowest BCUT2D eigenvalue weighted by molar-refractivity contribution is -0.118. The molecule has 2 aromatic carbocycles. The summed E-state index contributed by atoms with van der Waals surface area (Å²) in [5.74, 6) is 0.342. The Labute approximate surface area is 175 Å². The molecule has 0 spiro atoms. The zero-order chi connectivity index (χ0) is 19.2. The third-order valence-corrected chi connectivity index (χ3v) is 5.40. The van der Waals surface area contributed by atoms with Crippen LogP contribution in [0.4, 0.5) is 5.69 Å². The number of pyridine rings is 1. The number of carbonyl (C=O) groups is 1. The van der Waals surface area contributed by atoms with E-state index in [-0.39, 0.29) is 12.5 Å². The van der Waals surface area contributed by atoms with Crippen LogP contribution in [0.15, 0.2) is 57.6 Å². The highest BCUT2D eigenvalue weighted by atomic mass is 79.9. The van der Waals surface area contributed by atoms with Crippen LogP contribution in [0.2, 0.25) is 0 Å². The van der Waals surface area contributed by atoms with Gasteiger partial charge in [-0.1, -0.05) is 47.5 Å². The fourth-order valence-electron chi connectivity index (χ4n) is 2.75. The van der Waals surface area contributed by atoms with Gasteiger partial charge in [0.2, 0.25) is 0 Å². The number of aromatic nitrogens is 1. The average molecular weight is 492 g/mol. The quantitative estimate of drug-likeness (QED) is 0.433. The number of nitrogens with one attached hydrogen (secondary N) is 1. The number of hydrogen-bond acceptors (Lipinski definition) is 3. The van der Waals surface area contributed by atoms with Crippen LogP contribution >= 0.6 is 31.9 Å². The molecule has 0 saturated carbocycles. The van der Waals surface area contributed by atoms with Crippen LogP contribution in [0.5, 0.6) is 5.75 Å². The van der Waals surface area contributed by atoms with E-state index in [1.807, 2.05) is 30.3 Å². The van der Waals surface area contributed by atoms with Crippen LogP contribution in [0.1, 0.15) is 25.3 Å². The highest BCUT2D eigenvalue weighted by molar-refractivity contribution is 9.11. The first kappa shape index (κ1) is 19.8. The Balaban J connectivity index is 1.65. The summed E-state index contributed by atoms with van der Waals surface area (Å²) in [6.45, 7) is 2.08. The summed E-state index contributed by atoms with van der Waals surface area (Å²) in [7, 11) is 0. The number of fused-ring (bicyclic) bond motifs is 1. The van der Waals surface area contributed by atoms with Crippen molar-refractivity contribution >= 4 is 54.4 Å². The van der Waals surface area contributed by atoms with Gasteiger partial charge in [0.25, 0.3) is 5.91 Å². The lowest BCUT2D eigenvalue weighted by Crippen LogP contribution is -2.20. The zero-order valence-electron chi connectivity index (χ0n) is 15.0. The van der Waals surface area contributed by atoms with Crippen LogP contribution in [0, 0.1) is 0 Å². The van der Waals surface area contributed by atoms with Gasteiger partial charge in [-0.05, 0) is 58.6 Å². The molecule has 3 aromatic rings. The predicted octanol–water partition coefficient (Wildman–Crippen LogP) is 6.12. The van der Waals surface area contributed by atoms with Crippen molar-refractivity contribution in [3.8, 4) is 5.75 Å². The van der Waals surface area contributed by atoms with Crippen molar-refractivity contribution in [1.82, 2.24) is 4.98 Å². The topological polar surface area (TPSA) is 51.2 Å². The maximum absolute atomic E-state index is 12.3. The summed E-state index contributed by atoms with van der Waals surface area (Å²) in [5.41, 5.74) is 2.75. The van der Waals surface area contributed by atoms with Crippen molar-refractivity contribution in [3.05, 3.63) is 63.2 Å². The van der Waals surface area contributed by atoms with E-state index in [1.54, 1.807) is 6.20 Å². The predicted molar refractivity (Wildman–Crippen MR) is 116 cm³/mol. The van der Waals surface area contributed by atoms with Crippen LogP contribution in [-0.2, 0) is 11.2 Å². The number of rotatable bonds is 7. The molecule has 140 valence electrons. The molecule has 4 nitrogen and oxygen atoms in total. The first-order valence-corrected chi connectivity index (χ1v) is 10.4. The van der Waals surface area contributed by atoms with E-state index < -0.39 is 0 Å². The van der Waals surface area contributed by atoms with Gasteiger partial charge < -0.3 is 10.1 Å². The normalized spacial score (nSPS) is 10.8. The Hall–Kier alpha value is -1.92. The van der Waals surface area contributed by atoms with E-state index in [0.717, 1.165) is 26.4 Å². The fourth-order valence-corrected chi connectivity index (χ4v) is 4.14. The van der Waals surface area contributed by atoms with Crippen LogP contribution in [0.25, 0.3) is 10.9 Å². The van der Waals surface area contributed by atoms with Gasteiger partial charge in [0.1, 0.15) is 5.52 Å². The molecule has 6 heteroatoms. The van der Waals surface area contributed by atoms with E-state index in [0.29, 0.717) is 11.3 Å². The van der Waals surface area contributed by atoms with Crippen molar-refractivity contribution in [2.45, 2.75) is 26.2 Å². The first-order chi connectivity index (χ1) is 13.1. The van der Waals surface area contributed by atoms with Gasteiger partial charge in [-0.15, -0.1) is 0 Å². The number of halogens is 2. The Kier molecular flexibility index (Phi) is 6.85. The summed E-state index contributed by atoms with van der Waals surface area (Å²) in [4.78, 5) is 16.7. The number of hydrogen-bond donors (Lipinski definition) is 1. The van der Waals surface area contributed by atoms with E-state index in [2.05, 4.69) is 61.2 Å². The molecule has 1 aromatic heterocycles. The molecule has 0 aliphatic carbocycles. The molecule has 0 radical (unpaired) electrons. The summed E-state index contributed by atoms with van der Waals surface area (Å²) >= 11 is 7.01. The Morgan fingerprint density at radius 2 is 1.93 bits per heavy atom. The van der Waals surface area contributed by atoms with Crippen LogP contribution in [-0.4, -0.2) is 17.5 Å². The number of carbonyl (C=O) groups excluding carboxylic acids is 1. The fraction of sp³-hybridized carbons (Fsp3) is 0.238. The second-order valence-corrected chi connectivity index (χ2v) is 7.91. The minimum Gasteiger partial charge on any atom is -0.480 e. The molecular weight excluding hydrogens is 472 g/mol. The molecule has 1 amide bonds. The van der Waals surface area contributed by atoms with Gasteiger partial charge >= 0.3 is 0 Å². The molecule has 3 rings (SSSR count). The van der Waals surface area contributed by atoms with E-state index >= 15 is 0 Å². The van der Waals surface area contributed by atoms with Crippen molar-refractivity contribution in [3.63, 3.8) is 0 Å². The first-order valence-electron chi connectivity index (χ1n) is 8.82. The number of unbranched alkanes of at least 4 members (excludes halogenated alkanes) is 1. The lowest BCUT2D eigenvalue weighted by Gasteiger charge is -2.12. The van der Waals surface area contributed by atoms with E-state index in [1.165, 1.54) is 18.4 Å². The van der Waals surface area contributed by atoms with Crippen LogP contribution < -0.4 is 10.1 Å². The van der Waals surface area contributed by atoms with Crippen molar-refractivity contribution in [2.75, 3.05) is 11.9 Å². The van der Waals surface area contributed by atoms with E-state index in [9.17, 15) is 4.79 Å². The second-order valence-electron chi connectivity index (χ2n) is 6.21. The molecule has 0 unspecified atom stereocenters. The number of benzene rings is 2. The maximum Gasteiger partial charge on any atom is 0.262 e. The number of ether oxygens (including phenoxy) is 1. The number of nitrogens with zero attached hydrogens (tertiary/aromatic N) is 1. The third kappa shape index (κ3) is 5.08. The van der Waals surface area contributed by atoms with Gasteiger partial charge in [0, 0.05) is 21.7 Å². The second kappa shape index (κ2) is 9.33. The average Bonchev–Trinajstić information content (AvgIpc) is 2.67. The largest absolute Gasteiger partial charge is 0.480 e. The summed E-state index contributed by atoms with van der Waals surface area (Å²) in [6.07, 6.45) is 5.11. The number of amides is 1. The Morgan fingerprint density at radius 1 is 1.15 bits per heavy atom. The highest BCUT2D eigenvalue weighted by Gasteiger charge is 2.13. The minimum atomic E-state index is -0.213. The lowest BCUT2D eigenvalue weighted by atomic mass is 10.1. The van der Waals surface area contributed by atoms with Crippen molar-refractivity contribution in [2.24, 2.45) is 0 Å². The molecule has 0 saturated heterocycles. The van der Waals surface area contributed by atoms with Gasteiger partial charge in [0.15, 0.2) is 12.4 Å². The SMILES string of the molecule is CCCCc1ccc(NC(=O)COc2c(Br)cc(Br)c3cccnc23)cc1. The highest BCUT2D eigenvalue weighted by Crippen LogP contribution is 2.37. The van der Waals surface area contributed by atoms with Crippen LogP contribution in [0.3, 0.4) is 0 Å². The maximum atomic E-state index is 12.3.